The van der Waals surface area contributed by atoms with E-state index in [9.17, 15) is 29.8 Å². The largest absolute Gasteiger partial charge is 0.477 e. The molecule has 1 heterocycles. The van der Waals surface area contributed by atoms with Crippen molar-refractivity contribution in [1.82, 2.24) is 9.78 Å². The lowest BCUT2D eigenvalue weighted by Gasteiger charge is -2.08. The first-order valence-electron chi connectivity index (χ1n) is 7.19. The molecule has 0 saturated heterocycles. The molecule has 0 saturated carbocycles. The highest BCUT2D eigenvalue weighted by Gasteiger charge is 2.23. The predicted octanol–water partition coefficient (Wildman–Crippen LogP) is 1.73. The maximum atomic E-state index is 12.0. The van der Waals surface area contributed by atoms with Crippen LogP contribution in [0.1, 0.15) is 22.5 Å². The van der Waals surface area contributed by atoms with Crippen molar-refractivity contribution in [2.75, 3.05) is 5.32 Å². The van der Waals surface area contributed by atoms with Gasteiger partial charge in [0.25, 0.3) is 11.4 Å². The molecule has 1 aromatic carbocycles. The van der Waals surface area contributed by atoms with E-state index in [1.165, 1.54) is 19.2 Å². The molecule has 12 heteroatoms. The van der Waals surface area contributed by atoms with Gasteiger partial charge in [0.05, 0.1) is 22.1 Å². The minimum Gasteiger partial charge on any atom is -0.477 e. The molecule has 26 heavy (non-hydrogen) atoms. The number of aromatic carboxylic acids is 1. The van der Waals surface area contributed by atoms with Gasteiger partial charge < -0.3 is 10.4 Å². The second kappa shape index (κ2) is 7.38. The number of nitro benzene ring substituents is 2. The van der Waals surface area contributed by atoms with Crippen molar-refractivity contribution < 1.29 is 24.5 Å². The van der Waals surface area contributed by atoms with Crippen molar-refractivity contribution in [2.24, 2.45) is 0 Å². The van der Waals surface area contributed by atoms with Gasteiger partial charge in [0.15, 0.2) is 0 Å². The van der Waals surface area contributed by atoms with Crippen LogP contribution in [0.15, 0.2) is 24.4 Å². The van der Waals surface area contributed by atoms with Crippen molar-refractivity contribution in [3.63, 3.8) is 0 Å². The molecule has 2 aromatic rings. The number of nitrogens with zero attached hydrogens (tertiary/aromatic N) is 4. The van der Waals surface area contributed by atoms with Gasteiger partial charge in [-0.05, 0) is 13.0 Å². The number of aryl methyl sites for hydroxylation is 1. The lowest BCUT2D eigenvalue weighted by Crippen LogP contribution is -2.17. The molecule has 0 aliphatic rings. The second-order valence-electron chi connectivity index (χ2n) is 5.20. The molecule has 2 rings (SSSR count). The number of aromatic nitrogens is 2. The molecule has 136 valence electrons. The van der Waals surface area contributed by atoms with E-state index in [2.05, 4.69) is 10.4 Å². The van der Waals surface area contributed by atoms with Gasteiger partial charge in [-0.25, -0.2) is 4.79 Å². The molecule has 2 N–H and O–H groups in total. The summed E-state index contributed by atoms with van der Waals surface area (Å²) in [5.74, 6) is -1.81. The third-order valence-electron chi connectivity index (χ3n) is 3.52. The molecule has 0 unspecified atom stereocenters. The van der Waals surface area contributed by atoms with Gasteiger partial charge in [0.2, 0.25) is 5.91 Å². The lowest BCUT2D eigenvalue weighted by molar-refractivity contribution is -0.395. The molecular formula is C14H13N5O7. The van der Waals surface area contributed by atoms with Crippen molar-refractivity contribution in [2.45, 2.75) is 19.9 Å². The summed E-state index contributed by atoms with van der Waals surface area (Å²) in [5.41, 5.74) is -1.30. The summed E-state index contributed by atoms with van der Waals surface area (Å²) < 4.78 is 1.11. The summed E-state index contributed by atoms with van der Waals surface area (Å²) in [6, 6.07) is 3.32. The zero-order valence-electron chi connectivity index (χ0n) is 13.4. The topological polar surface area (TPSA) is 171 Å². The maximum absolute atomic E-state index is 12.0. The van der Waals surface area contributed by atoms with Crippen LogP contribution < -0.4 is 5.32 Å². The van der Waals surface area contributed by atoms with Crippen molar-refractivity contribution >= 4 is 28.9 Å². The molecular weight excluding hydrogens is 350 g/mol. The lowest BCUT2D eigenvalue weighted by atomic mass is 10.1. The first-order chi connectivity index (χ1) is 12.2. The Labute approximate surface area is 145 Å². The number of carbonyl (C=O) groups excluding carboxylic acids is 1. The number of carboxylic acids is 1. The number of carbonyl (C=O) groups is 2. The quantitative estimate of drug-likeness (QED) is 0.553. The predicted molar refractivity (Wildman–Crippen MR) is 86.9 cm³/mol. The minimum atomic E-state index is -1.20. The number of nitro groups is 2. The van der Waals surface area contributed by atoms with Gasteiger partial charge >= 0.3 is 5.97 Å². The summed E-state index contributed by atoms with van der Waals surface area (Å²) in [4.78, 5) is 43.4. The smallest absolute Gasteiger partial charge is 0.354 e. The van der Waals surface area contributed by atoms with E-state index in [-0.39, 0.29) is 29.9 Å². The minimum absolute atomic E-state index is 0.0451. The van der Waals surface area contributed by atoms with E-state index in [0.717, 1.165) is 16.8 Å². The number of amides is 1. The van der Waals surface area contributed by atoms with E-state index < -0.39 is 33.1 Å². The van der Waals surface area contributed by atoms with E-state index in [0.29, 0.717) is 0 Å². The molecule has 0 aliphatic heterocycles. The fraction of sp³-hybridized carbons (Fsp3) is 0.214. The van der Waals surface area contributed by atoms with Crippen LogP contribution >= 0.6 is 0 Å². The molecule has 1 aromatic heterocycles. The van der Waals surface area contributed by atoms with Crippen molar-refractivity contribution in [1.29, 1.82) is 0 Å². The van der Waals surface area contributed by atoms with Gasteiger partial charge in [-0.2, -0.15) is 5.10 Å². The fourth-order valence-electron chi connectivity index (χ4n) is 2.26. The molecule has 0 atom stereocenters. The van der Waals surface area contributed by atoms with E-state index in [1.54, 1.807) is 0 Å². The zero-order chi connectivity index (χ0) is 19.4. The van der Waals surface area contributed by atoms with Gasteiger partial charge in [-0.3, -0.25) is 29.7 Å². The highest BCUT2D eigenvalue weighted by atomic mass is 16.6. The Morgan fingerprint density at radius 2 is 1.81 bits per heavy atom. The molecule has 1 amide bonds. The number of hydrogen-bond donors (Lipinski definition) is 2. The van der Waals surface area contributed by atoms with E-state index in [4.69, 9.17) is 5.11 Å². The summed E-state index contributed by atoms with van der Waals surface area (Å²) in [7, 11) is 0. The highest BCUT2D eigenvalue weighted by Crippen LogP contribution is 2.31. The summed E-state index contributed by atoms with van der Waals surface area (Å²) >= 11 is 0. The Hall–Kier alpha value is -3.83. The maximum Gasteiger partial charge on any atom is 0.354 e. The van der Waals surface area contributed by atoms with Crippen molar-refractivity contribution in [3.8, 4) is 0 Å². The average molecular weight is 363 g/mol. The van der Waals surface area contributed by atoms with E-state index in [1.807, 2.05) is 0 Å². The SMILES string of the molecule is Cc1c([N+](=O)[O-])cc(NC(=O)CCn2nccc2C(=O)O)cc1[N+](=O)[O-]. The van der Waals surface area contributed by atoms with Gasteiger partial charge in [-0.15, -0.1) is 0 Å². The molecule has 0 spiro atoms. The number of hydrogen-bond acceptors (Lipinski definition) is 7. The Kier molecular flexibility index (Phi) is 5.25. The van der Waals surface area contributed by atoms with Gasteiger partial charge in [0, 0.05) is 24.8 Å². The molecule has 0 aliphatic carbocycles. The third-order valence-corrected chi connectivity index (χ3v) is 3.52. The van der Waals surface area contributed by atoms with Crippen LogP contribution in [0.5, 0.6) is 0 Å². The Bertz CT molecular complexity index is 870. The standard InChI is InChI=1S/C14H13N5O7/c1-8-11(18(23)24)6-9(7-12(8)19(25)26)16-13(20)3-5-17-10(14(21)22)2-4-15-17/h2,4,6-7H,3,5H2,1H3,(H,16,20)(H,21,22). The van der Waals surface area contributed by atoms with Crippen LogP contribution in [0.25, 0.3) is 0 Å². The van der Waals surface area contributed by atoms with Crippen LogP contribution in [0.4, 0.5) is 17.1 Å². The molecule has 0 radical (unpaired) electrons. The number of nitrogens with one attached hydrogen (secondary N) is 1. The number of carboxylic acid groups (broad SMARTS) is 1. The normalized spacial score (nSPS) is 10.3. The second-order valence-corrected chi connectivity index (χ2v) is 5.20. The number of benzene rings is 1. The average Bonchev–Trinajstić information content (AvgIpc) is 3.02. The first kappa shape index (κ1) is 18.5. The zero-order valence-corrected chi connectivity index (χ0v) is 13.4. The Balaban J connectivity index is 2.16. The van der Waals surface area contributed by atoms with Crippen molar-refractivity contribution in [3.05, 3.63) is 55.9 Å². The van der Waals surface area contributed by atoms with Gasteiger partial charge in [0.1, 0.15) is 11.3 Å². The van der Waals surface area contributed by atoms with Crippen LogP contribution in [0, 0.1) is 27.2 Å². The summed E-state index contributed by atoms with van der Waals surface area (Å²) in [6.07, 6.45) is 1.09. The van der Waals surface area contributed by atoms with Crippen LogP contribution in [-0.4, -0.2) is 36.6 Å². The van der Waals surface area contributed by atoms with Gasteiger partial charge in [-0.1, -0.05) is 0 Å². The molecule has 0 bridgehead atoms. The highest BCUT2D eigenvalue weighted by molar-refractivity contribution is 5.92. The molecule has 12 nitrogen and oxygen atoms in total. The molecule has 0 fully saturated rings. The van der Waals surface area contributed by atoms with Crippen LogP contribution in [0.3, 0.4) is 0 Å². The summed E-state index contributed by atoms with van der Waals surface area (Å²) in [5, 5.41) is 37.1. The van der Waals surface area contributed by atoms with Crippen LogP contribution in [-0.2, 0) is 11.3 Å². The monoisotopic (exact) mass is 363 g/mol. The van der Waals surface area contributed by atoms with Crippen LogP contribution in [0.2, 0.25) is 0 Å². The third kappa shape index (κ3) is 3.98. The number of anilines is 1. The summed E-state index contributed by atoms with van der Waals surface area (Å²) in [6.45, 7) is 1.20. The number of rotatable bonds is 7. The Morgan fingerprint density at radius 1 is 1.23 bits per heavy atom. The fourth-order valence-corrected chi connectivity index (χ4v) is 2.26. The van der Waals surface area contributed by atoms with E-state index >= 15 is 0 Å². The first-order valence-corrected chi connectivity index (χ1v) is 7.19. The Morgan fingerprint density at radius 3 is 2.31 bits per heavy atom.